The molecule has 26 heavy (non-hydrogen) atoms. The summed E-state index contributed by atoms with van der Waals surface area (Å²) in [5.41, 5.74) is 1.65. The van der Waals surface area contributed by atoms with Gasteiger partial charge in [0.25, 0.3) is 0 Å². The molecule has 0 saturated carbocycles. The maximum absolute atomic E-state index is 12.0. The molecule has 0 saturated heterocycles. The normalized spacial score (nSPS) is 10.6. The Morgan fingerprint density at radius 1 is 1.00 bits per heavy atom. The van der Waals surface area contributed by atoms with E-state index in [-0.39, 0.29) is 0 Å². The lowest BCUT2D eigenvalue weighted by Crippen LogP contribution is -2.19. The molecule has 0 spiro atoms. The van der Waals surface area contributed by atoms with Crippen molar-refractivity contribution in [2.75, 3.05) is 10.6 Å². The number of nitrogens with one attached hydrogen (secondary N) is 2. The molecule has 0 atom stereocenters. The highest BCUT2D eigenvalue weighted by atomic mass is 35.5. The standard InChI is InChI=1S/C16H11Cl3N4OS2/c17-10-3-1-9(2-4-10)8-25-16-23-22-15(26-16)21-14(24)20-11-5-6-12(18)13(19)7-11/h1-7H,8H2,(H2,20,21,22,24). The first-order valence-corrected chi connectivity index (χ1v) is 10.2. The summed E-state index contributed by atoms with van der Waals surface area (Å²) in [6.07, 6.45) is 0. The molecule has 0 aliphatic carbocycles. The molecule has 134 valence electrons. The van der Waals surface area contributed by atoms with Gasteiger partial charge in [-0.2, -0.15) is 0 Å². The second-order valence-corrected chi connectivity index (χ2v) is 8.45. The summed E-state index contributed by atoms with van der Waals surface area (Å²) < 4.78 is 0.754. The Bertz CT molecular complexity index is 918. The van der Waals surface area contributed by atoms with E-state index in [0.29, 0.717) is 25.9 Å². The molecule has 2 amide bonds. The average molecular weight is 446 g/mol. The molecule has 0 aliphatic heterocycles. The van der Waals surface area contributed by atoms with Gasteiger partial charge in [0, 0.05) is 16.5 Å². The molecule has 2 N–H and O–H groups in total. The predicted octanol–water partition coefficient (Wildman–Crippen LogP) is 6.43. The fourth-order valence-corrected chi connectivity index (χ4v) is 4.00. The Balaban J connectivity index is 1.53. The Morgan fingerprint density at radius 3 is 2.50 bits per heavy atom. The first-order valence-electron chi connectivity index (χ1n) is 7.23. The summed E-state index contributed by atoms with van der Waals surface area (Å²) in [6.45, 7) is 0. The maximum atomic E-state index is 12.0. The van der Waals surface area contributed by atoms with E-state index in [0.717, 1.165) is 15.7 Å². The third-order valence-corrected chi connectivity index (χ3v) is 6.11. The van der Waals surface area contributed by atoms with E-state index in [2.05, 4.69) is 20.8 Å². The van der Waals surface area contributed by atoms with Crippen LogP contribution in [0.5, 0.6) is 0 Å². The van der Waals surface area contributed by atoms with Crippen LogP contribution in [0.15, 0.2) is 46.8 Å². The minimum absolute atomic E-state index is 0.362. The minimum atomic E-state index is -0.436. The second kappa shape index (κ2) is 8.92. The SMILES string of the molecule is O=C(Nc1ccc(Cl)c(Cl)c1)Nc1nnc(SCc2ccc(Cl)cc2)s1. The van der Waals surface area contributed by atoms with E-state index in [1.54, 1.807) is 18.2 Å². The number of halogens is 3. The molecule has 0 aliphatic rings. The van der Waals surface area contributed by atoms with E-state index in [1.165, 1.54) is 23.1 Å². The van der Waals surface area contributed by atoms with Crippen molar-refractivity contribution in [2.24, 2.45) is 0 Å². The van der Waals surface area contributed by atoms with E-state index in [9.17, 15) is 4.79 Å². The van der Waals surface area contributed by atoms with Gasteiger partial charge in [-0.1, -0.05) is 70.0 Å². The number of carbonyl (C=O) groups excluding carboxylic acids is 1. The van der Waals surface area contributed by atoms with Crippen LogP contribution in [-0.4, -0.2) is 16.2 Å². The molecule has 10 heteroatoms. The third kappa shape index (κ3) is 5.49. The number of hydrogen-bond donors (Lipinski definition) is 2. The summed E-state index contributed by atoms with van der Waals surface area (Å²) in [4.78, 5) is 12.0. The fraction of sp³-hybridized carbons (Fsp3) is 0.0625. The van der Waals surface area contributed by atoms with E-state index >= 15 is 0 Å². The third-order valence-electron chi connectivity index (χ3n) is 3.08. The molecular formula is C16H11Cl3N4OS2. The van der Waals surface area contributed by atoms with Crippen LogP contribution in [0.3, 0.4) is 0 Å². The summed E-state index contributed by atoms with van der Waals surface area (Å²) in [6, 6.07) is 12.0. The average Bonchev–Trinajstić information content (AvgIpc) is 3.05. The van der Waals surface area contributed by atoms with Gasteiger partial charge in [0.05, 0.1) is 10.0 Å². The summed E-state index contributed by atoms with van der Waals surface area (Å²) >= 11 is 20.5. The van der Waals surface area contributed by atoms with E-state index in [4.69, 9.17) is 34.8 Å². The molecule has 0 radical (unpaired) electrons. The van der Waals surface area contributed by atoms with Gasteiger partial charge in [-0.25, -0.2) is 4.79 Å². The number of amides is 2. The zero-order valence-electron chi connectivity index (χ0n) is 13.0. The highest BCUT2D eigenvalue weighted by Gasteiger charge is 2.10. The van der Waals surface area contributed by atoms with Crippen molar-refractivity contribution < 1.29 is 4.79 Å². The van der Waals surface area contributed by atoms with Crippen LogP contribution in [0.4, 0.5) is 15.6 Å². The lowest BCUT2D eigenvalue weighted by Gasteiger charge is -2.05. The summed E-state index contributed by atoms with van der Waals surface area (Å²) in [5, 5.41) is 15.2. The number of carbonyl (C=O) groups is 1. The van der Waals surface area contributed by atoms with Gasteiger partial charge in [-0.15, -0.1) is 10.2 Å². The van der Waals surface area contributed by atoms with Gasteiger partial charge in [0.2, 0.25) is 5.13 Å². The first-order chi connectivity index (χ1) is 12.5. The van der Waals surface area contributed by atoms with Crippen LogP contribution in [0.25, 0.3) is 0 Å². The predicted molar refractivity (Wildman–Crippen MR) is 110 cm³/mol. The highest BCUT2D eigenvalue weighted by molar-refractivity contribution is 8.00. The van der Waals surface area contributed by atoms with Crippen LogP contribution >= 0.6 is 57.9 Å². The number of hydrogen-bond acceptors (Lipinski definition) is 5. The van der Waals surface area contributed by atoms with Crippen LogP contribution in [-0.2, 0) is 5.75 Å². The molecule has 3 aromatic rings. The van der Waals surface area contributed by atoms with Crippen molar-refractivity contribution in [3.05, 3.63) is 63.1 Å². The number of aromatic nitrogens is 2. The van der Waals surface area contributed by atoms with Gasteiger partial charge in [0.15, 0.2) is 4.34 Å². The smallest absolute Gasteiger partial charge is 0.308 e. The molecule has 0 unspecified atom stereocenters. The quantitative estimate of drug-likeness (QED) is 0.350. The van der Waals surface area contributed by atoms with E-state index in [1.807, 2.05) is 24.3 Å². The molecular weight excluding hydrogens is 435 g/mol. The van der Waals surface area contributed by atoms with Crippen molar-refractivity contribution >= 4 is 74.8 Å². The first kappa shape index (κ1) is 19.3. The van der Waals surface area contributed by atoms with Gasteiger partial charge >= 0.3 is 6.03 Å². The maximum Gasteiger partial charge on any atom is 0.325 e. The topological polar surface area (TPSA) is 66.9 Å². The number of rotatable bonds is 5. The van der Waals surface area contributed by atoms with Crippen LogP contribution in [0.2, 0.25) is 15.1 Å². The second-order valence-electron chi connectivity index (χ2n) is 5.00. The minimum Gasteiger partial charge on any atom is -0.308 e. The van der Waals surface area contributed by atoms with Crippen molar-refractivity contribution in [3.8, 4) is 0 Å². The van der Waals surface area contributed by atoms with Crippen molar-refractivity contribution in [1.29, 1.82) is 0 Å². The number of urea groups is 1. The molecule has 1 aromatic heterocycles. The molecule has 3 rings (SSSR count). The monoisotopic (exact) mass is 444 g/mol. The summed E-state index contributed by atoms with van der Waals surface area (Å²) in [5.74, 6) is 0.737. The summed E-state index contributed by atoms with van der Waals surface area (Å²) in [7, 11) is 0. The molecule has 0 fully saturated rings. The molecule has 1 heterocycles. The fourth-order valence-electron chi connectivity index (χ4n) is 1.88. The van der Waals surface area contributed by atoms with Gasteiger partial charge in [0.1, 0.15) is 0 Å². The molecule has 2 aromatic carbocycles. The largest absolute Gasteiger partial charge is 0.325 e. The molecule has 5 nitrogen and oxygen atoms in total. The Labute approximate surface area is 173 Å². The lowest BCUT2D eigenvalue weighted by atomic mass is 10.2. The number of nitrogens with zero attached hydrogens (tertiary/aromatic N) is 2. The van der Waals surface area contributed by atoms with Crippen molar-refractivity contribution in [2.45, 2.75) is 10.1 Å². The van der Waals surface area contributed by atoms with E-state index < -0.39 is 6.03 Å². The zero-order chi connectivity index (χ0) is 18.5. The number of benzene rings is 2. The number of thioether (sulfide) groups is 1. The van der Waals surface area contributed by atoms with Crippen LogP contribution < -0.4 is 10.6 Å². The highest BCUT2D eigenvalue weighted by Crippen LogP contribution is 2.29. The Morgan fingerprint density at radius 2 is 1.77 bits per heavy atom. The molecule has 0 bridgehead atoms. The Kier molecular flexibility index (Phi) is 6.61. The van der Waals surface area contributed by atoms with Crippen molar-refractivity contribution in [3.63, 3.8) is 0 Å². The van der Waals surface area contributed by atoms with Crippen LogP contribution in [0, 0.1) is 0 Å². The van der Waals surface area contributed by atoms with Crippen molar-refractivity contribution in [1.82, 2.24) is 10.2 Å². The number of anilines is 2. The van der Waals surface area contributed by atoms with Gasteiger partial charge in [-0.05, 0) is 35.9 Å². The Hall–Kier alpha value is -1.51. The van der Waals surface area contributed by atoms with Gasteiger partial charge in [-0.3, -0.25) is 5.32 Å². The lowest BCUT2D eigenvalue weighted by molar-refractivity contribution is 0.262. The van der Waals surface area contributed by atoms with Gasteiger partial charge < -0.3 is 5.32 Å². The van der Waals surface area contributed by atoms with Crippen LogP contribution in [0.1, 0.15) is 5.56 Å². The zero-order valence-corrected chi connectivity index (χ0v) is 16.9.